The zero-order chi connectivity index (χ0) is 23.5. The van der Waals surface area contributed by atoms with Crippen LogP contribution in [0.25, 0.3) is 0 Å². The third-order valence-electron chi connectivity index (χ3n) is 6.14. The first-order chi connectivity index (χ1) is 15.0. The summed E-state index contributed by atoms with van der Waals surface area (Å²) < 4.78 is 5.50. The molecule has 0 bridgehead atoms. The molecule has 1 aromatic rings. The Labute approximate surface area is 197 Å². The van der Waals surface area contributed by atoms with Crippen molar-refractivity contribution in [1.82, 2.24) is 14.7 Å². The van der Waals surface area contributed by atoms with E-state index in [9.17, 15) is 9.59 Å². The molecule has 0 aromatic heterocycles. The van der Waals surface area contributed by atoms with Crippen LogP contribution in [0.15, 0.2) is 18.2 Å². The van der Waals surface area contributed by atoms with Crippen LogP contribution >= 0.6 is 11.6 Å². The second-order valence-corrected chi connectivity index (χ2v) is 10.5. The van der Waals surface area contributed by atoms with Crippen LogP contribution in [-0.2, 0) is 4.74 Å². The molecular formula is C24H37ClN4O3. The summed E-state index contributed by atoms with van der Waals surface area (Å²) in [6, 6.07) is 6.49. The number of benzene rings is 1. The van der Waals surface area contributed by atoms with Gasteiger partial charge < -0.3 is 24.8 Å². The number of rotatable bonds is 4. The van der Waals surface area contributed by atoms with E-state index in [0.29, 0.717) is 22.7 Å². The predicted octanol–water partition coefficient (Wildman–Crippen LogP) is 4.32. The molecule has 178 valence electrons. The minimum Gasteiger partial charge on any atom is -0.444 e. The van der Waals surface area contributed by atoms with Gasteiger partial charge in [-0.1, -0.05) is 11.6 Å². The number of hydrogen-bond donors (Lipinski definition) is 1. The van der Waals surface area contributed by atoms with Crippen molar-refractivity contribution in [3.8, 4) is 0 Å². The van der Waals surface area contributed by atoms with Crippen LogP contribution in [-0.4, -0.2) is 84.7 Å². The molecule has 2 amide bonds. The Morgan fingerprint density at radius 3 is 2.22 bits per heavy atom. The number of hydrogen-bond acceptors (Lipinski definition) is 5. The maximum atomic E-state index is 12.3. The highest BCUT2D eigenvalue weighted by Crippen LogP contribution is 2.26. The van der Waals surface area contributed by atoms with Gasteiger partial charge in [0.25, 0.3) is 5.91 Å². The average Bonchev–Trinajstić information content (AvgIpc) is 2.73. The van der Waals surface area contributed by atoms with Crippen molar-refractivity contribution in [3.05, 3.63) is 28.8 Å². The van der Waals surface area contributed by atoms with E-state index in [2.05, 4.69) is 10.2 Å². The van der Waals surface area contributed by atoms with Gasteiger partial charge in [-0.3, -0.25) is 4.79 Å². The maximum Gasteiger partial charge on any atom is 0.410 e. The van der Waals surface area contributed by atoms with Gasteiger partial charge in [-0.05, 0) is 64.7 Å². The fraction of sp³-hybridized carbons (Fsp3) is 0.667. The minimum absolute atomic E-state index is 0.0902. The highest BCUT2D eigenvalue weighted by Gasteiger charge is 2.31. The number of piperidine rings is 2. The highest BCUT2D eigenvalue weighted by molar-refractivity contribution is 6.34. The van der Waals surface area contributed by atoms with Crippen molar-refractivity contribution in [1.29, 1.82) is 0 Å². The lowest BCUT2D eigenvalue weighted by Crippen LogP contribution is -2.50. The molecule has 32 heavy (non-hydrogen) atoms. The van der Waals surface area contributed by atoms with Gasteiger partial charge in [0.2, 0.25) is 0 Å². The van der Waals surface area contributed by atoms with Crippen molar-refractivity contribution in [3.63, 3.8) is 0 Å². The van der Waals surface area contributed by atoms with Crippen molar-refractivity contribution in [2.24, 2.45) is 0 Å². The number of nitrogens with one attached hydrogen (secondary N) is 1. The zero-order valence-electron chi connectivity index (χ0n) is 20.0. The third-order valence-corrected chi connectivity index (χ3v) is 6.45. The molecule has 2 heterocycles. The summed E-state index contributed by atoms with van der Waals surface area (Å²) >= 11 is 6.35. The third kappa shape index (κ3) is 6.51. The van der Waals surface area contributed by atoms with Gasteiger partial charge in [-0.2, -0.15) is 0 Å². The van der Waals surface area contributed by atoms with Crippen LogP contribution in [0.5, 0.6) is 0 Å². The van der Waals surface area contributed by atoms with E-state index in [1.165, 1.54) is 4.90 Å². The first-order valence-electron chi connectivity index (χ1n) is 11.5. The number of carbonyl (C=O) groups excluding carboxylic acids is 2. The van der Waals surface area contributed by atoms with Crippen molar-refractivity contribution in [2.45, 2.75) is 64.1 Å². The lowest BCUT2D eigenvalue weighted by molar-refractivity contribution is 0.0129. The van der Waals surface area contributed by atoms with E-state index < -0.39 is 5.60 Å². The molecule has 2 saturated heterocycles. The topological polar surface area (TPSA) is 65.1 Å². The van der Waals surface area contributed by atoms with Crippen LogP contribution in [0.1, 0.15) is 56.8 Å². The smallest absolute Gasteiger partial charge is 0.410 e. The van der Waals surface area contributed by atoms with Crippen LogP contribution in [0.2, 0.25) is 5.02 Å². The van der Waals surface area contributed by atoms with Crippen LogP contribution in [0.4, 0.5) is 10.5 Å². The van der Waals surface area contributed by atoms with Crippen LogP contribution in [0.3, 0.4) is 0 Å². The molecule has 2 fully saturated rings. The Bertz CT molecular complexity index is 808. The van der Waals surface area contributed by atoms with Gasteiger partial charge in [0.05, 0.1) is 10.6 Å². The molecule has 1 N–H and O–H groups in total. The van der Waals surface area contributed by atoms with Crippen molar-refractivity contribution < 1.29 is 14.3 Å². The zero-order valence-corrected chi connectivity index (χ0v) is 20.7. The number of ether oxygens (including phenoxy) is 1. The number of amides is 2. The van der Waals surface area contributed by atoms with E-state index in [-0.39, 0.29) is 12.0 Å². The van der Waals surface area contributed by atoms with E-state index in [0.717, 1.165) is 57.5 Å². The second kappa shape index (κ2) is 10.3. The first kappa shape index (κ1) is 24.6. The standard InChI is InChI=1S/C24H37ClN4O3/c1-24(2,3)32-23(31)29-14-10-19(11-15-29)28-12-8-17(9-13-28)26-18-6-7-20(21(25)16-18)22(30)27(4)5/h6-7,16-17,19,26H,8-15H2,1-5H3. The average molecular weight is 465 g/mol. The number of anilines is 1. The number of halogens is 1. The Morgan fingerprint density at radius 2 is 1.69 bits per heavy atom. The van der Waals surface area contributed by atoms with E-state index in [1.54, 1.807) is 20.2 Å². The molecule has 8 heteroatoms. The molecule has 0 atom stereocenters. The molecule has 0 aliphatic carbocycles. The monoisotopic (exact) mass is 464 g/mol. The molecular weight excluding hydrogens is 428 g/mol. The summed E-state index contributed by atoms with van der Waals surface area (Å²) in [6.07, 6.45) is 3.91. The SMILES string of the molecule is CN(C)C(=O)c1ccc(NC2CCN(C3CCN(C(=O)OC(C)(C)C)CC3)CC2)cc1Cl. The lowest BCUT2D eigenvalue weighted by Gasteiger charge is -2.42. The van der Waals surface area contributed by atoms with Gasteiger partial charge >= 0.3 is 6.09 Å². The molecule has 0 unspecified atom stereocenters. The summed E-state index contributed by atoms with van der Waals surface area (Å²) in [5, 5.41) is 4.05. The number of carbonyl (C=O) groups is 2. The van der Waals surface area contributed by atoms with Crippen LogP contribution < -0.4 is 5.32 Å². The van der Waals surface area contributed by atoms with Gasteiger partial charge in [0.1, 0.15) is 5.60 Å². The molecule has 7 nitrogen and oxygen atoms in total. The Kier molecular flexibility index (Phi) is 7.93. The van der Waals surface area contributed by atoms with Crippen LogP contribution in [0, 0.1) is 0 Å². The molecule has 0 radical (unpaired) electrons. The Balaban J connectivity index is 1.44. The van der Waals surface area contributed by atoms with Crippen molar-refractivity contribution >= 4 is 29.3 Å². The first-order valence-corrected chi connectivity index (χ1v) is 11.9. The quantitative estimate of drug-likeness (QED) is 0.718. The molecule has 0 spiro atoms. The summed E-state index contributed by atoms with van der Waals surface area (Å²) in [5.74, 6) is -0.0902. The molecule has 2 aliphatic rings. The molecule has 1 aromatic carbocycles. The summed E-state index contributed by atoms with van der Waals surface area (Å²) in [6.45, 7) is 9.31. The van der Waals surface area contributed by atoms with Gasteiger partial charge in [-0.25, -0.2) is 4.79 Å². The van der Waals surface area contributed by atoms with Crippen molar-refractivity contribution in [2.75, 3.05) is 45.6 Å². The largest absolute Gasteiger partial charge is 0.444 e. The summed E-state index contributed by atoms with van der Waals surface area (Å²) in [4.78, 5) is 30.4. The number of likely N-dealkylation sites (tertiary alicyclic amines) is 2. The highest BCUT2D eigenvalue weighted by atomic mass is 35.5. The van der Waals surface area contributed by atoms with E-state index in [1.807, 2.05) is 37.8 Å². The van der Waals surface area contributed by atoms with Gasteiger partial charge in [0, 0.05) is 58.0 Å². The van der Waals surface area contributed by atoms with E-state index >= 15 is 0 Å². The molecule has 2 aliphatic heterocycles. The molecule has 3 rings (SSSR count). The second-order valence-electron chi connectivity index (χ2n) is 10.0. The fourth-order valence-electron chi connectivity index (χ4n) is 4.40. The van der Waals surface area contributed by atoms with Gasteiger partial charge in [-0.15, -0.1) is 0 Å². The maximum absolute atomic E-state index is 12.3. The minimum atomic E-state index is -0.449. The molecule has 0 saturated carbocycles. The van der Waals surface area contributed by atoms with E-state index in [4.69, 9.17) is 16.3 Å². The van der Waals surface area contributed by atoms with Gasteiger partial charge in [0.15, 0.2) is 0 Å². The fourth-order valence-corrected chi connectivity index (χ4v) is 4.67. The lowest BCUT2D eigenvalue weighted by atomic mass is 9.97. The summed E-state index contributed by atoms with van der Waals surface area (Å²) in [7, 11) is 3.44. The predicted molar refractivity (Wildman–Crippen MR) is 129 cm³/mol. The Morgan fingerprint density at radius 1 is 1.06 bits per heavy atom. The normalized spacial score (nSPS) is 19.0. The Hall–Kier alpha value is -1.99. The number of nitrogens with zero attached hydrogens (tertiary/aromatic N) is 3. The summed E-state index contributed by atoms with van der Waals surface area (Å²) in [5.41, 5.74) is 1.03.